The molecule has 4 N–H and O–H groups in total. The lowest BCUT2D eigenvalue weighted by Gasteiger charge is -2.17. The number of anilines is 2. The maximum Gasteiger partial charge on any atom is 0.414 e. The van der Waals surface area contributed by atoms with E-state index in [-0.39, 0.29) is 45.3 Å². The van der Waals surface area contributed by atoms with Crippen LogP contribution in [-0.4, -0.2) is 83.2 Å². The molecule has 2 aromatic carbocycles. The van der Waals surface area contributed by atoms with Crippen molar-refractivity contribution >= 4 is 35.7 Å². The number of alkyl carbamates (subject to hydrolysis) is 2. The molecule has 0 atom stereocenters. The summed E-state index contributed by atoms with van der Waals surface area (Å²) >= 11 is 0. The molecular formula is C26H36N4O10. The third-order valence-electron chi connectivity index (χ3n) is 4.60. The number of phenolic OH excluding ortho intramolecular Hbond substituents is 1. The van der Waals surface area contributed by atoms with Gasteiger partial charge in [-0.1, -0.05) is 13.8 Å². The summed E-state index contributed by atoms with van der Waals surface area (Å²) in [5, 5.41) is 16.4. The molecule has 14 heteroatoms. The van der Waals surface area contributed by atoms with Crippen molar-refractivity contribution in [1.29, 1.82) is 0 Å². The summed E-state index contributed by atoms with van der Waals surface area (Å²) in [5.41, 5.74) is 1.03. The van der Waals surface area contributed by atoms with Crippen molar-refractivity contribution in [1.82, 2.24) is 10.6 Å². The number of amides is 4. The smallest absolute Gasteiger partial charge is 0.414 e. The predicted octanol–water partition coefficient (Wildman–Crippen LogP) is 3.70. The Morgan fingerprint density at radius 1 is 0.725 bits per heavy atom. The Labute approximate surface area is 232 Å². The number of hydrogen-bond acceptors (Lipinski definition) is 10. The van der Waals surface area contributed by atoms with Crippen LogP contribution in [0.15, 0.2) is 48.5 Å². The van der Waals surface area contributed by atoms with E-state index in [1.807, 2.05) is 13.8 Å². The Morgan fingerprint density at radius 2 is 1.20 bits per heavy atom. The fourth-order valence-corrected chi connectivity index (χ4v) is 2.67. The van der Waals surface area contributed by atoms with Gasteiger partial charge in [-0.15, -0.1) is 0 Å². The monoisotopic (exact) mass is 564 g/mol. The van der Waals surface area contributed by atoms with E-state index in [2.05, 4.69) is 16.0 Å². The van der Waals surface area contributed by atoms with Gasteiger partial charge in [0.25, 0.3) is 0 Å². The molecule has 0 aromatic heterocycles. The quantitative estimate of drug-likeness (QED) is 0.169. The number of nitrogens with zero attached hydrogens (tertiary/aromatic N) is 1. The van der Waals surface area contributed by atoms with Crippen LogP contribution < -0.4 is 25.6 Å². The average molecular weight is 565 g/mol. The van der Waals surface area contributed by atoms with Gasteiger partial charge >= 0.3 is 24.4 Å². The van der Waals surface area contributed by atoms with Crippen LogP contribution in [0.2, 0.25) is 0 Å². The average Bonchev–Trinajstić information content (AvgIpc) is 2.97. The number of carbonyl (C=O) groups excluding carboxylic acids is 4. The van der Waals surface area contributed by atoms with Gasteiger partial charge in [-0.3, -0.25) is 10.2 Å². The van der Waals surface area contributed by atoms with Crippen LogP contribution in [0, 0.1) is 0 Å². The minimum absolute atomic E-state index is 0.0533. The first-order valence-electron chi connectivity index (χ1n) is 12.4. The van der Waals surface area contributed by atoms with Crippen molar-refractivity contribution in [2.45, 2.75) is 13.8 Å². The summed E-state index contributed by atoms with van der Waals surface area (Å²) in [7, 11) is 3.08. The number of hydrogen-bond donors (Lipinski definition) is 4. The third kappa shape index (κ3) is 13.6. The van der Waals surface area contributed by atoms with Crippen LogP contribution in [0.25, 0.3) is 0 Å². The topological polar surface area (TPSA) is 174 Å². The van der Waals surface area contributed by atoms with Gasteiger partial charge < -0.3 is 39.4 Å². The van der Waals surface area contributed by atoms with Crippen molar-refractivity contribution in [3.63, 3.8) is 0 Å². The van der Waals surface area contributed by atoms with Gasteiger partial charge in [-0.05, 0) is 48.5 Å². The van der Waals surface area contributed by atoms with E-state index in [1.165, 1.54) is 29.2 Å². The zero-order valence-electron chi connectivity index (χ0n) is 22.9. The Bertz CT molecular complexity index is 1050. The van der Waals surface area contributed by atoms with Crippen LogP contribution in [0.1, 0.15) is 13.8 Å². The van der Waals surface area contributed by atoms with Crippen molar-refractivity contribution in [3.05, 3.63) is 48.5 Å². The molecule has 0 heterocycles. The van der Waals surface area contributed by atoms with Crippen LogP contribution in [0.4, 0.5) is 30.6 Å². The molecule has 0 saturated carbocycles. The highest BCUT2D eigenvalue weighted by molar-refractivity contribution is 5.87. The summed E-state index contributed by atoms with van der Waals surface area (Å²) < 4.78 is 24.7. The zero-order valence-corrected chi connectivity index (χ0v) is 22.9. The Hall–Kier alpha value is -4.88. The highest BCUT2D eigenvalue weighted by Gasteiger charge is 2.13. The first-order chi connectivity index (χ1) is 19.3. The van der Waals surface area contributed by atoms with Crippen molar-refractivity contribution < 1.29 is 48.0 Å². The summed E-state index contributed by atoms with van der Waals surface area (Å²) in [6.45, 7) is 3.44. The summed E-state index contributed by atoms with van der Waals surface area (Å²) in [5.74, 6) is 0.713. The molecule has 40 heavy (non-hydrogen) atoms. The molecule has 0 aliphatic rings. The highest BCUT2D eigenvalue weighted by Crippen LogP contribution is 2.18. The van der Waals surface area contributed by atoms with Crippen LogP contribution >= 0.6 is 0 Å². The number of carbonyl (C=O) groups is 4. The predicted molar refractivity (Wildman–Crippen MR) is 146 cm³/mol. The molecule has 0 spiro atoms. The maximum absolute atomic E-state index is 12.1. The molecule has 220 valence electrons. The lowest BCUT2D eigenvalue weighted by Crippen LogP contribution is -2.36. The largest absolute Gasteiger partial charge is 0.508 e. The molecule has 2 aromatic rings. The van der Waals surface area contributed by atoms with Crippen LogP contribution in [0.5, 0.6) is 11.5 Å². The van der Waals surface area contributed by atoms with Crippen molar-refractivity contribution in [3.8, 4) is 11.5 Å². The van der Waals surface area contributed by atoms with E-state index in [9.17, 15) is 24.3 Å². The molecule has 14 nitrogen and oxygen atoms in total. The second-order valence-electron chi connectivity index (χ2n) is 7.30. The second-order valence-corrected chi connectivity index (χ2v) is 7.30. The third-order valence-corrected chi connectivity index (χ3v) is 4.60. The number of aromatic hydroxyl groups is 1. The van der Waals surface area contributed by atoms with E-state index in [0.29, 0.717) is 17.1 Å². The van der Waals surface area contributed by atoms with E-state index >= 15 is 0 Å². The number of benzene rings is 2. The molecule has 0 unspecified atom stereocenters. The molecule has 0 radical (unpaired) electrons. The van der Waals surface area contributed by atoms with E-state index in [4.69, 9.17) is 23.7 Å². The molecule has 0 saturated heterocycles. The molecular weight excluding hydrogens is 528 g/mol. The lowest BCUT2D eigenvalue weighted by atomic mass is 10.3. The van der Waals surface area contributed by atoms with E-state index < -0.39 is 24.4 Å². The van der Waals surface area contributed by atoms with Crippen molar-refractivity contribution in [2.75, 3.05) is 63.9 Å². The Morgan fingerprint density at radius 3 is 1.70 bits per heavy atom. The summed E-state index contributed by atoms with van der Waals surface area (Å²) in [6.07, 6.45) is -2.89. The maximum atomic E-state index is 12.1. The van der Waals surface area contributed by atoms with E-state index in [0.717, 1.165) is 0 Å². The van der Waals surface area contributed by atoms with Crippen molar-refractivity contribution in [2.24, 2.45) is 0 Å². The number of methoxy groups -OCH3 is 1. The van der Waals surface area contributed by atoms with Gasteiger partial charge in [0.2, 0.25) is 0 Å². The number of rotatable bonds is 12. The Balaban J connectivity index is 0.00000391. The Kier molecular flexibility index (Phi) is 15.9. The highest BCUT2D eigenvalue weighted by atomic mass is 16.6. The second kappa shape index (κ2) is 19.2. The van der Waals surface area contributed by atoms with Crippen LogP contribution in [0.3, 0.4) is 0 Å². The van der Waals surface area contributed by atoms with Gasteiger partial charge in [0.1, 0.15) is 37.9 Å². The first kappa shape index (κ1) is 33.1. The van der Waals surface area contributed by atoms with Gasteiger partial charge in [-0.2, -0.15) is 0 Å². The van der Waals surface area contributed by atoms with Crippen LogP contribution in [-0.2, 0) is 18.9 Å². The first-order valence-corrected chi connectivity index (χ1v) is 12.4. The number of ether oxygens (including phenoxy) is 5. The summed E-state index contributed by atoms with van der Waals surface area (Å²) in [6, 6.07) is 12.6. The minimum atomic E-state index is -0.768. The lowest BCUT2D eigenvalue weighted by molar-refractivity contribution is 0.0985. The standard InChI is InChI=1S/C24H30N4O10.C2H6/c1-28(18-5-9-20(34-2)10-6-18)24(33)38-16-15-36-22(31)26-12-11-25-21(30)35-13-14-37-23(32)27-17-3-7-19(29)8-4-17;1-2/h3-10,29H,11-16H2,1-2H3,(H,25,30)(H,26,31)(H,27,32);1-2H3. The fourth-order valence-electron chi connectivity index (χ4n) is 2.67. The molecule has 4 amide bonds. The van der Waals surface area contributed by atoms with Gasteiger partial charge in [0.15, 0.2) is 0 Å². The number of phenols is 1. The SMILES string of the molecule is CC.COc1ccc(N(C)C(=O)OCCOC(=O)NCCNC(=O)OCCOC(=O)Nc2ccc(O)cc2)cc1. The number of nitrogens with one attached hydrogen (secondary N) is 3. The van der Waals surface area contributed by atoms with E-state index in [1.54, 1.807) is 38.4 Å². The molecule has 0 aliphatic carbocycles. The minimum Gasteiger partial charge on any atom is -0.508 e. The van der Waals surface area contributed by atoms with Gasteiger partial charge in [0.05, 0.1) is 7.11 Å². The fraction of sp³-hybridized carbons (Fsp3) is 0.385. The molecule has 0 fully saturated rings. The molecule has 2 rings (SSSR count). The van der Waals surface area contributed by atoms with Gasteiger partial charge in [0, 0.05) is 31.5 Å². The normalized spacial score (nSPS) is 9.60. The molecule has 0 aliphatic heterocycles. The molecule has 0 bridgehead atoms. The van der Waals surface area contributed by atoms with Gasteiger partial charge in [-0.25, -0.2) is 19.2 Å². The zero-order chi connectivity index (χ0) is 29.8. The summed E-state index contributed by atoms with van der Waals surface area (Å²) in [4.78, 5) is 48.2.